The molecule has 0 aromatic carbocycles. The number of alkyl halides is 3. The minimum Gasteiger partial charge on any atom is -0.481 e. The molecule has 172 valence electrons. The Labute approximate surface area is 182 Å². The zero-order chi connectivity index (χ0) is 22.9. The molecule has 2 unspecified atom stereocenters. The quantitative estimate of drug-likeness (QED) is 0.657. The van der Waals surface area contributed by atoms with Crippen molar-refractivity contribution in [2.75, 3.05) is 51.9 Å². The molecule has 0 aliphatic carbocycles. The van der Waals surface area contributed by atoms with Crippen LogP contribution < -0.4 is 19.1 Å². The van der Waals surface area contributed by atoms with Gasteiger partial charge in [0.05, 0.1) is 20.3 Å². The molecule has 2 aliphatic heterocycles. The van der Waals surface area contributed by atoms with Crippen LogP contribution in [-0.2, 0) is 0 Å². The van der Waals surface area contributed by atoms with E-state index in [4.69, 9.17) is 14.2 Å². The molecule has 9 nitrogen and oxygen atoms in total. The van der Waals surface area contributed by atoms with E-state index in [1.165, 1.54) is 32.5 Å². The standard InChI is InChI=1S/C20H22F3N5O4/c1-30-15-6-16(31-2)26-19(25-15)28-9-12-7-27(8-13(12)10-28)18(29)14-4-3-5-24-17(14)32-11-20(21,22)23/h3-6,12-13H,7-11H2,1-2H3. The molecule has 32 heavy (non-hydrogen) atoms. The van der Waals surface area contributed by atoms with E-state index in [1.54, 1.807) is 11.0 Å². The number of methoxy groups -OCH3 is 2. The third-order valence-electron chi connectivity index (χ3n) is 5.52. The van der Waals surface area contributed by atoms with Gasteiger partial charge in [0.15, 0.2) is 6.61 Å². The van der Waals surface area contributed by atoms with Crippen LogP contribution in [0.1, 0.15) is 10.4 Å². The van der Waals surface area contributed by atoms with Crippen LogP contribution in [-0.4, -0.2) is 78.9 Å². The lowest BCUT2D eigenvalue weighted by Crippen LogP contribution is -2.34. The van der Waals surface area contributed by atoms with Crippen molar-refractivity contribution in [3.8, 4) is 17.6 Å². The van der Waals surface area contributed by atoms with Crippen molar-refractivity contribution in [3.05, 3.63) is 30.0 Å². The topological polar surface area (TPSA) is 89.9 Å². The predicted octanol–water partition coefficient (Wildman–Crippen LogP) is 2.04. The highest BCUT2D eigenvalue weighted by Crippen LogP contribution is 2.35. The summed E-state index contributed by atoms with van der Waals surface area (Å²) in [6.07, 6.45) is -3.22. The minimum absolute atomic E-state index is 0.0226. The summed E-state index contributed by atoms with van der Waals surface area (Å²) in [7, 11) is 3.03. The van der Waals surface area contributed by atoms with Gasteiger partial charge in [0.25, 0.3) is 5.91 Å². The highest BCUT2D eigenvalue weighted by atomic mass is 19.4. The Morgan fingerprint density at radius 3 is 2.28 bits per heavy atom. The van der Waals surface area contributed by atoms with Gasteiger partial charge in [0.1, 0.15) is 5.56 Å². The van der Waals surface area contributed by atoms with E-state index >= 15 is 0 Å². The third kappa shape index (κ3) is 4.63. The molecule has 0 bridgehead atoms. The van der Waals surface area contributed by atoms with E-state index in [-0.39, 0.29) is 23.3 Å². The number of likely N-dealkylation sites (tertiary alicyclic amines) is 1. The average molecular weight is 453 g/mol. The number of hydrogen-bond acceptors (Lipinski definition) is 8. The summed E-state index contributed by atoms with van der Waals surface area (Å²) in [5.74, 6) is 0.920. The van der Waals surface area contributed by atoms with Crippen molar-refractivity contribution in [1.82, 2.24) is 19.9 Å². The molecule has 2 saturated heterocycles. The normalized spacial score (nSPS) is 20.3. The van der Waals surface area contributed by atoms with E-state index in [0.29, 0.717) is 43.9 Å². The monoisotopic (exact) mass is 453 g/mol. The summed E-state index contributed by atoms with van der Waals surface area (Å²) < 4.78 is 52.7. The molecule has 2 aliphatic rings. The number of carbonyl (C=O) groups excluding carboxylic acids is 1. The van der Waals surface area contributed by atoms with E-state index in [1.807, 2.05) is 4.90 Å². The number of amides is 1. The summed E-state index contributed by atoms with van der Waals surface area (Å²) in [6.45, 7) is 0.697. The van der Waals surface area contributed by atoms with Gasteiger partial charge in [0.2, 0.25) is 23.6 Å². The average Bonchev–Trinajstić information content (AvgIpc) is 3.36. The van der Waals surface area contributed by atoms with Crippen LogP contribution in [0.5, 0.6) is 17.6 Å². The molecule has 12 heteroatoms. The summed E-state index contributed by atoms with van der Waals surface area (Å²) in [5.41, 5.74) is 0.0226. The van der Waals surface area contributed by atoms with Crippen LogP contribution in [0.25, 0.3) is 0 Å². The number of pyridine rings is 1. The van der Waals surface area contributed by atoms with Crippen LogP contribution in [0.15, 0.2) is 24.4 Å². The number of nitrogens with zero attached hydrogens (tertiary/aromatic N) is 5. The molecule has 0 saturated carbocycles. The van der Waals surface area contributed by atoms with Gasteiger partial charge in [-0.3, -0.25) is 4.79 Å². The second kappa shape index (κ2) is 8.67. The van der Waals surface area contributed by atoms with Gasteiger partial charge in [0, 0.05) is 44.2 Å². The highest BCUT2D eigenvalue weighted by molar-refractivity contribution is 5.96. The largest absolute Gasteiger partial charge is 0.481 e. The summed E-state index contributed by atoms with van der Waals surface area (Å²) in [6, 6.07) is 4.52. The maximum atomic E-state index is 13.0. The molecule has 4 rings (SSSR count). The van der Waals surface area contributed by atoms with Crippen molar-refractivity contribution in [2.24, 2.45) is 11.8 Å². The van der Waals surface area contributed by atoms with Crippen molar-refractivity contribution < 1.29 is 32.2 Å². The lowest BCUT2D eigenvalue weighted by Gasteiger charge is -2.23. The first-order valence-electron chi connectivity index (χ1n) is 9.93. The van der Waals surface area contributed by atoms with Crippen LogP contribution in [0.4, 0.5) is 19.1 Å². The first-order chi connectivity index (χ1) is 15.3. The summed E-state index contributed by atoms with van der Waals surface area (Å²) >= 11 is 0. The van der Waals surface area contributed by atoms with Crippen molar-refractivity contribution in [2.45, 2.75) is 6.18 Å². The molecule has 0 radical (unpaired) electrons. The van der Waals surface area contributed by atoms with E-state index < -0.39 is 18.7 Å². The summed E-state index contributed by atoms with van der Waals surface area (Å²) in [5, 5.41) is 0. The van der Waals surface area contributed by atoms with Gasteiger partial charge in [-0.05, 0) is 12.1 Å². The minimum atomic E-state index is -4.52. The number of halogens is 3. The second-order valence-electron chi connectivity index (χ2n) is 7.65. The number of rotatable bonds is 6. The first-order valence-corrected chi connectivity index (χ1v) is 9.93. The molecule has 2 fully saturated rings. The number of aromatic nitrogens is 3. The number of anilines is 1. The fourth-order valence-corrected chi connectivity index (χ4v) is 4.05. The third-order valence-corrected chi connectivity index (χ3v) is 5.52. The van der Waals surface area contributed by atoms with E-state index in [0.717, 1.165) is 0 Å². The van der Waals surface area contributed by atoms with Crippen molar-refractivity contribution in [3.63, 3.8) is 0 Å². The molecule has 2 aromatic heterocycles. The molecular weight excluding hydrogens is 431 g/mol. The number of ether oxygens (including phenoxy) is 3. The first kappa shape index (κ1) is 21.9. The lowest BCUT2D eigenvalue weighted by atomic mass is 10.0. The Balaban J connectivity index is 1.43. The van der Waals surface area contributed by atoms with Crippen molar-refractivity contribution >= 4 is 11.9 Å². The molecular formula is C20H22F3N5O4. The zero-order valence-corrected chi connectivity index (χ0v) is 17.5. The maximum Gasteiger partial charge on any atom is 0.422 e. The lowest BCUT2D eigenvalue weighted by molar-refractivity contribution is -0.154. The van der Waals surface area contributed by atoms with E-state index in [2.05, 4.69) is 15.0 Å². The molecule has 4 heterocycles. The van der Waals surface area contributed by atoms with Crippen molar-refractivity contribution in [1.29, 1.82) is 0 Å². The molecule has 0 N–H and O–H groups in total. The smallest absolute Gasteiger partial charge is 0.422 e. The zero-order valence-electron chi connectivity index (χ0n) is 17.5. The fraction of sp³-hybridized carbons (Fsp3) is 0.500. The van der Waals surface area contributed by atoms with Crippen LogP contribution >= 0.6 is 0 Å². The van der Waals surface area contributed by atoms with Crippen LogP contribution in [0.3, 0.4) is 0 Å². The number of carbonyl (C=O) groups is 1. The Morgan fingerprint density at radius 2 is 1.72 bits per heavy atom. The van der Waals surface area contributed by atoms with Crippen LogP contribution in [0.2, 0.25) is 0 Å². The molecule has 2 aromatic rings. The SMILES string of the molecule is COc1cc(OC)nc(N2CC3CN(C(=O)c4cccnc4OCC(F)(F)F)CC3C2)n1. The van der Waals surface area contributed by atoms with Gasteiger partial charge in [-0.25, -0.2) is 4.98 Å². The number of hydrogen-bond donors (Lipinski definition) is 0. The van der Waals surface area contributed by atoms with Gasteiger partial charge in [-0.15, -0.1) is 0 Å². The molecule has 1 amide bonds. The Hall–Kier alpha value is -3.31. The Bertz CT molecular complexity index is 954. The number of fused-ring (bicyclic) bond motifs is 1. The Kier molecular flexibility index (Phi) is 5.94. The molecule has 2 atom stereocenters. The van der Waals surface area contributed by atoms with Crippen LogP contribution in [0, 0.1) is 11.8 Å². The van der Waals surface area contributed by atoms with Gasteiger partial charge in [-0.1, -0.05) is 0 Å². The Morgan fingerprint density at radius 1 is 1.09 bits per heavy atom. The van der Waals surface area contributed by atoms with Gasteiger partial charge >= 0.3 is 6.18 Å². The highest BCUT2D eigenvalue weighted by Gasteiger charge is 2.43. The second-order valence-corrected chi connectivity index (χ2v) is 7.65. The van der Waals surface area contributed by atoms with E-state index in [9.17, 15) is 18.0 Å². The predicted molar refractivity (Wildman–Crippen MR) is 106 cm³/mol. The van der Waals surface area contributed by atoms with Gasteiger partial charge < -0.3 is 24.0 Å². The fourth-order valence-electron chi connectivity index (χ4n) is 4.05. The maximum absolute atomic E-state index is 13.0. The summed E-state index contributed by atoms with van der Waals surface area (Å²) in [4.78, 5) is 29.2. The molecule has 0 spiro atoms. The van der Waals surface area contributed by atoms with Gasteiger partial charge in [-0.2, -0.15) is 23.1 Å².